The third-order valence-corrected chi connectivity index (χ3v) is 9.25. The number of aromatic nitrogens is 5. The summed E-state index contributed by atoms with van der Waals surface area (Å²) in [5.74, 6) is 0.618. The number of nitrogen functional groups attached to an aromatic ring is 1. The third kappa shape index (κ3) is 5.95. The second kappa shape index (κ2) is 12.3. The second-order valence-corrected chi connectivity index (χ2v) is 13.0. The summed E-state index contributed by atoms with van der Waals surface area (Å²) < 4.78 is 7.39. The number of morpholine rings is 1. The van der Waals surface area contributed by atoms with Gasteiger partial charge in [-0.25, -0.2) is 19.9 Å². The molecule has 0 unspecified atom stereocenters. The Bertz CT molecular complexity index is 2000. The Morgan fingerprint density at radius 2 is 1.67 bits per heavy atom. The molecule has 1 fully saturated rings. The Labute approximate surface area is 279 Å². The molecule has 5 heterocycles. The van der Waals surface area contributed by atoms with Crippen LogP contribution in [0, 0.1) is 0 Å². The van der Waals surface area contributed by atoms with Crippen LogP contribution in [0.1, 0.15) is 55.7 Å². The quantitative estimate of drug-likeness (QED) is 0.270. The summed E-state index contributed by atoms with van der Waals surface area (Å²) in [5.41, 5.74) is 12.5. The molecule has 1 saturated heterocycles. The number of anilines is 3. The van der Waals surface area contributed by atoms with Crippen LogP contribution < -0.4 is 20.9 Å². The number of carbonyl (C=O) groups is 2. The molecule has 0 aliphatic carbocycles. The van der Waals surface area contributed by atoms with Crippen LogP contribution in [0.5, 0.6) is 0 Å². The van der Waals surface area contributed by atoms with Gasteiger partial charge in [0.25, 0.3) is 5.91 Å². The zero-order valence-corrected chi connectivity index (χ0v) is 27.6. The fourth-order valence-electron chi connectivity index (χ4n) is 6.60. The van der Waals surface area contributed by atoms with Gasteiger partial charge < -0.3 is 30.0 Å². The van der Waals surface area contributed by atoms with E-state index in [0.29, 0.717) is 49.0 Å². The van der Waals surface area contributed by atoms with Crippen LogP contribution in [0.2, 0.25) is 0 Å². The highest BCUT2D eigenvalue weighted by Crippen LogP contribution is 2.35. The first-order chi connectivity index (χ1) is 23.1. The van der Waals surface area contributed by atoms with Crippen LogP contribution in [0.4, 0.5) is 17.5 Å². The van der Waals surface area contributed by atoms with E-state index in [-0.39, 0.29) is 29.5 Å². The molecule has 3 N–H and O–H groups in total. The van der Waals surface area contributed by atoms with Crippen LogP contribution in [-0.2, 0) is 21.5 Å². The predicted molar refractivity (Wildman–Crippen MR) is 185 cm³/mol. The van der Waals surface area contributed by atoms with E-state index in [4.69, 9.17) is 20.4 Å². The topological polar surface area (TPSA) is 144 Å². The maximum absolute atomic E-state index is 13.7. The number of nitrogens with two attached hydrogens (primary N) is 1. The molecule has 12 nitrogen and oxygen atoms in total. The fourth-order valence-corrected chi connectivity index (χ4v) is 6.60. The van der Waals surface area contributed by atoms with Crippen molar-refractivity contribution in [3.05, 3.63) is 84.1 Å². The molecular formula is C36H39N9O3. The normalized spacial score (nSPS) is 16.5. The van der Waals surface area contributed by atoms with Crippen molar-refractivity contribution in [2.75, 3.05) is 41.8 Å². The molecule has 1 atom stereocenters. The fraction of sp³-hybridized carbons (Fsp3) is 0.333. The molecule has 0 spiro atoms. The molecular weight excluding hydrogens is 606 g/mol. The number of imidazole rings is 1. The van der Waals surface area contributed by atoms with E-state index in [2.05, 4.69) is 57.4 Å². The van der Waals surface area contributed by atoms with Gasteiger partial charge in [-0.3, -0.25) is 9.59 Å². The van der Waals surface area contributed by atoms with Crippen molar-refractivity contribution in [1.29, 1.82) is 0 Å². The monoisotopic (exact) mass is 645 g/mol. The highest BCUT2D eigenvalue weighted by molar-refractivity contribution is 5.95. The Balaban J connectivity index is 1.13. The van der Waals surface area contributed by atoms with E-state index in [0.717, 1.165) is 35.2 Å². The molecule has 5 aromatic rings. The molecule has 12 heteroatoms. The number of hydrogen-bond acceptors (Lipinski definition) is 9. The number of hydrogen-bond donors (Lipinski definition) is 2. The van der Waals surface area contributed by atoms with E-state index in [1.165, 1.54) is 5.56 Å². The molecule has 2 aromatic carbocycles. The molecule has 2 aliphatic heterocycles. The van der Waals surface area contributed by atoms with Gasteiger partial charge in [0.2, 0.25) is 11.9 Å². The van der Waals surface area contributed by atoms with Gasteiger partial charge in [0.15, 0.2) is 11.5 Å². The Morgan fingerprint density at radius 3 is 2.38 bits per heavy atom. The van der Waals surface area contributed by atoms with Crippen molar-refractivity contribution in [3.8, 4) is 22.4 Å². The summed E-state index contributed by atoms with van der Waals surface area (Å²) in [6.45, 7) is 10.1. The van der Waals surface area contributed by atoms with Gasteiger partial charge in [-0.1, -0.05) is 30.3 Å². The van der Waals surface area contributed by atoms with Crippen LogP contribution in [0.3, 0.4) is 0 Å². The summed E-state index contributed by atoms with van der Waals surface area (Å²) >= 11 is 0. The molecule has 2 amide bonds. The summed E-state index contributed by atoms with van der Waals surface area (Å²) in [5, 5.41) is 3.18. The first kappa shape index (κ1) is 31.3. The first-order valence-electron chi connectivity index (χ1n) is 16.2. The lowest BCUT2D eigenvalue weighted by Gasteiger charge is -2.35. The maximum Gasteiger partial charge on any atom is 0.272 e. The number of benzene rings is 2. The minimum atomic E-state index is -0.683. The van der Waals surface area contributed by atoms with E-state index < -0.39 is 5.54 Å². The number of fused-ring (bicyclic) bond motifs is 2. The van der Waals surface area contributed by atoms with Crippen LogP contribution in [0.25, 0.3) is 28.0 Å². The number of amides is 2. The molecule has 2 aliphatic rings. The first-order valence-corrected chi connectivity index (χ1v) is 16.2. The van der Waals surface area contributed by atoms with E-state index in [1.54, 1.807) is 25.5 Å². The minimum absolute atomic E-state index is 0.0701. The van der Waals surface area contributed by atoms with Crippen molar-refractivity contribution in [2.45, 2.75) is 52.1 Å². The van der Waals surface area contributed by atoms with Crippen molar-refractivity contribution in [3.63, 3.8) is 0 Å². The van der Waals surface area contributed by atoms with E-state index in [1.807, 2.05) is 41.5 Å². The Morgan fingerprint density at radius 1 is 0.958 bits per heavy atom. The third-order valence-electron chi connectivity index (χ3n) is 9.25. The lowest BCUT2D eigenvalue weighted by molar-refractivity contribution is -0.117. The summed E-state index contributed by atoms with van der Waals surface area (Å²) in [6.07, 6.45) is 8.69. The lowest BCUT2D eigenvalue weighted by atomic mass is 9.90. The molecule has 3 aromatic heterocycles. The number of nitrogens with one attached hydrogen (secondary N) is 1. The largest absolute Gasteiger partial charge is 0.378 e. The highest BCUT2D eigenvalue weighted by atomic mass is 16.5. The summed E-state index contributed by atoms with van der Waals surface area (Å²) in [6, 6.07) is 14.8. The molecule has 0 saturated carbocycles. The van der Waals surface area contributed by atoms with Gasteiger partial charge in [0.05, 0.1) is 24.4 Å². The Kier molecular flexibility index (Phi) is 8.04. The smallest absolute Gasteiger partial charge is 0.272 e. The van der Waals surface area contributed by atoms with Crippen molar-refractivity contribution in [1.82, 2.24) is 29.7 Å². The van der Waals surface area contributed by atoms with Gasteiger partial charge in [-0.05, 0) is 68.0 Å². The predicted octanol–water partition coefficient (Wildman–Crippen LogP) is 4.62. The van der Waals surface area contributed by atoms with Crippen LogP contribution in [-0.4, -0.2) is 68.5 Å². The SMILES string of the molecule is CC(=O)N1c2ccc(-c3ccc(C(C)(C)NC(=O)c4cn5cc(-c6cnc(N)nc6)nc(N6CCOCC6)c5n4)cc3)cc2CC[C@@H]1C. The van der Waals surface area contributed by atoms with Crippen LogP contribution >= 0.6 is 0 Å². The van der Waals surface area contributed by atoms with Crippen molar-refractivity contribution in [2.24, 2.45) is 0 Å². The van der Waals surface area contributed by atoms with Gasteiger partial charge in [0, 0.05) is 62.1 Å². The van der Waals surface area contributed by atoms with E-state index >= 15 is 0 Å². The Hall–Kier alpha value is -5.36. The number of ether oxygens (including phenoxy) is 1. The zero-order valence-electron chi connectivity index (χ0n) is 27.6. The molecule has 246 valence electrons. The molecule has 48 heavy (non-hydrogen) atoms. The molecule has 0 radical (unpaired) electrons. The van der Waals surface area contributed by atoms with Crippen LogP contribution in [0.15, 0.2) is 67.3 Å². The maximum atomic E-state index is 13.7. The van der Waals surface area contributed by atoms with Crippen molar-refractivity contribution < 1.29 is 14.3 Å². The molecule has 0 bridgehead atoms. The number of nitrogens with zero attached hydrogens (tertiary/aromatic N) is 7. The average molecular weight is 646 g/mol. The van der Waals surface area contributed by atoms with E-state index in [9.17, 15) is 9.59 Å². The van der Waals surface area contributed by atoms with Crippen molar-refractivity contribution >= 4 is 34.9 Å². The lowest BCUT2D eigenvalue weighted by Crippen LogP contribution is -2.41. The van der Waals surface area contributed by atoms with Gasteiger partial charge in [-0.15, -0.1) is 0 Å². The zero-order chi connectivity index (χ0) is 33.6. The number of carbonyl (C=O) groups excluding carboxylic acids is 2. The number of aryl methyl sites for hydroxylation is 1. The van der Waals surface area contributed by atoms with Gasteiger partial charge in [-0.2, -0.15) is 0 Å². The van der Waals surface area contributed by atoms with Gasteiger partial charge >= 0.3 is 0 Å². The average Bonchev–Trinajstić information content (AvgIpc) is 3.53. The van der Waals surface area contributed by atoms with Gasteiger partial charge in [0.1, 0.15) is 5.69 Å². The second-order valence-electron chi connectivity index (χ2n) is 13.0. The standard InChI is InChI=1S/C36H39N9O3/c1-22-5-6-26-17-25(9-12-31(26)45(22)23(2)46)24-7-10-28(11-8-24)36(3,4)42-34(47)30-21-44-20-29(27-18-38-35(37)39-19-27)40-32(33(44)41-30)43-13-15-48-16-14-43/h7-12,17-22H,5-6,13-16H2,1-4H3,(H,42,47)(H2,37,38,39)/t22-/m0/s1. The molecule has 7 rings (SSSR count). The summed E-state index contributed by atoms with van der Waals surface area (Å²) in [4.78, 5) is 47.9. The summed E-state index contributed by atoms with van der Waals surface area (Å²) in [7, 11) is 0. The number of rotatable bonds is 6. The minimum Gasteiger partial charge on any atom is -0.378 e. The highest BCUT2D eigenvalue weighted by Gasteiger charge is 2.28.